The van der Waals surface area contributed by atoms with Crippen molar-refractivity contribution in [3.8, 4) is 11.4 Å². The van der Waals surface area contributed by atoms with E-state index in [0.717, 1.165) is 43.2 Å². The SMILES string of the molecule is Cc1ccc(N2CCC(c3nc(-c4ccsc4)no3)CC2)nc1. The number of nitrogens with zero attached hydrogens (tertiary/aromatic N) is 4. The van der Waals surface area contributed by atoms with Gasteiger partial charge in [0, 0.05) is 36.1 Å². The molecule has 1 fully saturated rings. The minimum atomic E-state index is 0.344. The average molecular weight is 326 g/mol. The number of hydrogen-bond donors (Lipinski definition) is 0. The summed E-state index contributed by atoms with van der Waals surface area (Å²) in [5.74, 6) is 2.86. The lowest BCUT2D eigenvalue weighted by atomic mass is 9.97. The largest absolute Gasteiger partial charge is 0.357 e. The fraction of sp³-hybridized carbons (Fsp3) is 0.353. The van der Waals surface area contributed by atoms with Gasteiger partial charge in [-0.25, -0.2) is 4.98 Å². The lowest BCUT2D eigenvalue weighted by Gasteiger charge is -2.31. The summed E-state index contributed by atoms with van der Waals surface area (Å²) in [5, 5.41) is 8.18. The van der Waals surface area contributed by atoms with Crippen LogP contribution in [0.1, 0.15) is 30.2 Å². The predicted molar refractivity (Wildman–Crippen MR) is 90.8 cm³/mol. The van der Waals surface area contributed by atoms with Gasteiger partial charge >= 0.3 is 0 Å². The lowest BCUT2D eigenvalue weighted by Crippen LogP contribution is -2.33. The molecular weight excluding hydrogens is 308 g/mol. The first-order chi connectivity index (χ1) is 11.3. The molecule has 5 nitrogen and oxygen atoms in total. The standard InChI is InChI=1S/C17H18N4OS/c1-12-2-3-15(18-10-12)21-7-4-13(5-8-21)17-19-16(20-22-17)14-6-9-23-11-14/h2-3,6,9-11,13H,4-5,7-8H2,1H3. The van der Waals surface area contributed by atoms with Crippen LogP contribution >= 0.6 is 11.3 Å². The van der Waals surface area contributed by atoms with E-state index in [4.69, 9.17) is 4.52 Å². The van der Waals surface area contributed by atoms with Crippen molar-refractivity contribution in [3.63, 3.8) is 0 Å². The van der Waals surface area contributed by atoms with Crippen LogP contribution in [0, 0.1) is 6.92 Å². The first kappa shape index (κ1) is 14.4. The Bertz CT molecular complexity index is 758. The molecule has 0 atom stereocenters. The van der Waals surface area contributed by atoms with E-state index in [2.05, 4.69) is 39.1 Å². The van der Waals surface area contributed by atoms with E-state index >= 15 is 0 Å². The van der Waals surface area contributed by atoms with Crippen LogP contribution in [0.5, 0.6) is 0 Å². The maximum atomic E-state index is 5.49. The van der Waals surface area contributed by atoms with Gasteiger partial charge in [-0.15, -0.1) is 0 Å². The summed E-state index contributed by atoms with van der Waals surface area (Å²) in [7, 11) is 0. The average Bonchev–Trinajstić information content (AvgIpc) is 3.27. The maximum Gasteiger partial charge on any atom is 0.230 e. The van der Waals surface area contributed by atoms with Gasteiger partial charge in [-0.05, 0) is 42.8 Å². The molecule has 0 N–H and O–H groups in total. The van der Waals surface area contributed by atoms with Crippen molar-refractivity contribution in [2.24, 2.45) is 0 Å². The highest BCUT2D eigenvalue weighted by atomic mass is 32.1. The van der Waals surface area contributed by atoms with Gasteiger partial charge in [0.25, 0.3) is 0 Å². The van der Waals surface area contributed by atoms with E-state index in [9.17, 15) is 0 Å². The topological polar surface area (TPSA) is 55.1 Å². The van der Waals surface area contributed by atoms with Gasteiger partial charge in [0.2, 0.25) is 11.7 Å². The second-order valence-corrected chi connectivity index (χ2v) is 6.70. The zero-order valence-electron chi connectivity index (χ0n) is 13.0. The van der Waals surface area contributed by atoms with Gasteiger partial charge in [-0.1, -0.05) is 11.2 Å². The number of aromatic nitrogens is 3. The minimum Gasteiger partial charge on any atom is -0.357 e. The molecule has 0 bridgehead atoms. The van der Waals surface area contributed by atoms with Crippen molar-refractivity contribution in [2.75, 3.05) is 18.0 Å². The van der Waals surface area contributed by atoms with Gasteiger partial charge in [0.05, 0.1) is 0 Å². The molecule has 6 heteroatoms. The number of piperidine rings is 1. The second-order valence-electron chi connectivity index (χ2n) is 5.92. The highest BCUT2D eigenvalue weighted by molar-refractivity contribution is 7.08. The monoisotopic (exact) mass is 326 g/mol. The molecule has 118 valence electrons. The predicted octanol–water partition coefficient (Wildman–Crippen LogP) is 3.89. The van der Waals surface area contributed by atoms with Gasteiger partial charge in [-0.2, -0.15) is 16.3 Å². The molecule has 1 aliphatic rings. The van der Waals surface area contributed by atoms with E-state index < -0.39 is 0 Å². The van der Waals surface area contributed by atoms with Crippen molar-refractivity contribution in [1.29, 1.82) is 0 Å². The van der Waals surface area contributed by atoms with E-state index in [1.54, 1.807) is 11.3 Å². The molecule has 1 aliphatic heterocycles. The van der Waals surface area contributed by atoms with Crippen molar-refractivity contribution >= 4 is 17.2 Å². The number of rotatable bonds is 3. The molecule has 0 aromatic carbocycles. The number of hydrogen-bond acceptors (Lipinski definition) is 6. The van der Waals surface area contributed by atoms with Crippen LogP contribution in [0.4, 0.5) is 5.82 Å². The van der Waals surface area contributed by atoms with E-state index in [0.29, 0.717) is 11.7 Å². The van der Waals surface area contributed by atoms with Crippen molar-refractivity contribution in [3.05, 3.63) is 46.6 Å². The molecule has 0 saturated carbocycles. The molecule has 0 radical (unpaired) electrons. The quantitative estimate of drug-likeness (QED) is 0.731. The van der Waals surface area contributed by atoms with Gasteiger partial charge < -0.3 is 9.42 Å². The Kier molecular flexibility index (Phi) is 3.83. The summed E-state index contributed by atoms with van der Waals surface area (Å²) in [4.78, 5) is 11.4. The van der Waals surface area contributed by atoms with Crippen LogP contribution in [0.15, 0.2) is 39.7 Å². The van der Waals surface area contributed by atoms with E-state index in [1.165, 1.54) is 5.56 Å². The van der Waals surface area contributed by atoms with Crippen molar-refractivity contribution in [1.82, 2.24) is 15.1 Å². The van der Waals surface area contributed by atoms with Crippen LogP contribution in [0.25, 0.3) is 11.4 Å². The summed E-state index contributed by atoms with van der Waals surface area (Å²) in [6.07, 6.45) is 3.95. The maximum absolute atomic E-state index is 5.49. The van der Waals surface area contributed by atoms with Crippen LogP contribution in [-0.2, 0) is 0 Å². The summed E-state index contributed by atoms with van der Waals surface area (Å²) < 4.78 is 5.49. The zero-order chi connectivity index (χ0) is 15.6. The molecule has 0 spiro atoms. The summed E-state index contributed by atoms with van der Waals surface area (Å²) in [6, 6.07) is 6.22. The fourth-order valence-electron chi connectivity index (χ4n) is 2.91. The Labute approximate surface area is 139 Å². The molecule has 0 aliphatic carbocycles. The first-order valence-electron chi connectivity index (χ1n) is 7.83. The van der Waals surface area contributed by atoms with Crippen LogP contribution < -0.4 is 4.90 Å². The summed E-state index contributed by atoms with van der Waals surface area (Å²) in [6.45, 7) is 4.00. The summed E-state index contributed by atoms with van der Waals surface area (Å²) >= 11 is 1.64. The molecule has 1 saturated heterocycles. The third-order valence-corrected chi connectivity index (χ3v) is 4.97. The Hall–Kier alpha value is -2.21. The molecule has 3 aromatic rings. The molecule has 4 rings (SSSR count). The molecule has 0 unspecified atom stereocenters. The smallest absolute Gasteiger partial charge is 0.230 e. The highest BCUT2D eigenvalue weighted by Crippen LogP contribution is 2.30. The molecule has 4 heterocycles. The van der Waals surface area contributed by atoms with Crippen molar-refractivity contribution < 1.29 is 4.52 Å². The number of anilines is 1. The Morgan fingerprint density at radius 1 is 1.22 bits per heavy atom. The Balaban J connectivity index is 1.42. The molecule has 3 aromatic heterocycles. The normalized spacial score (nSPS) is 16.0. The number of aryl methyl sites for hydroxylation is 1. The van der Waals surface area contributed by atoms with Gasteiger partial charge in [0.15, 0.2) is 0 Å². The minimum absolute atomic E-state index is 0.344. The van der Waals surface area contributed by atoms with Crippen LogP contribution in [0.2, 0.25) is 0 Å². The lowest BCUT2D eigenvalue weighted by molar-refractivity contribution is 0.329. The van der Waals surface area contributed by atoms with Crippen molar-refractivity contribution in [2.45, 2.75) is 25.7 Å². The Morgan fingerprint density at radius 2 is 2.09 bits per heavy atom. The zero-order valence-corrected chi connectivity index (χ0v) is 13.8. The van der Waals surface area contributed by atoms with Crippen LogP contribution in [-0.4, -0.2) is 28.2 Å². The first-order valence-corrected chi connectivity index (χ1v) is 8.77. The molecule has 23 heavy (non-hydrogen) atoms. The van der Waals surface area contributed by atoms with E-state index in [-0.39, 0.29) is 0 Å². The number of pyridine rings is 1. The fourth-order valence-corrected chi connectivity index (χ4v) is 3.55. The third kappa shape index (κ3) is 2.99. The molecule has 0 amide bonds. The Morgan fingerprint density at radius 3 is 2.78 bits per heavy atom. The van der Waals surface area contributed by atoms with Gasteiger partial charge in [-0.3, -0.25) is 0 Å². The number of thiophene rings is 1. The molecular formula is C17H18N4OS. The van der Waals surface area contributed by atoms with Gasteiger partial charge in [0.1, 0.15) is 5.82 Å². The summed E-state index contributed by atoms with van der Waals surface area (Å²) in [5.41, 5.74) is 2.22. The second kappa shape index (κ2) is 6.12. The van der Waals surface area contributed by atoms with E-state index in [1.807, 2.05) is 23.0 Å². The highest BCUT2D eigenvalue weighted by Gasteiger charge is 2.26. The van der Waals surface area contributed by atoms with Crippen LogP contribution in [0.3, 0.4) is 0 Å². The third-order valence-electron chi connectivity index (χ3n) is 4.29.